The number of amides is 1. The summed E-state index contributed by atoms with van der Waals surface area (Å²) in [4.78, 5) is 21.1. The van der Waals surface area contributed by atoms with E-state index in [1.54, 1.807) is 5.38 Å². The molecule has 112 valence electrons. The summed E-state index contributed by atoms with van der Waals surface area (Å²) >= 11 is 7.71. The first-order valence-corrected chi connectivity index (χ1v) is 8.17. The van der Waals surface area contributed by atoms with E-state index in [4.69, 9.17) is 17.3 Å². The summed E-state index contributed by atoms with van der Waals surface area (Å²) in [7, 11) is 0. The Morgan fingerprint density at radius 1 is 1.45 bits per heavy atom. The highest BCUT2D eigenvalue weighted by Crippen LogP contribution is 2.33. The van der Waals surface area contributed by atoms with Crippen molar-refractivity contribution >= 4 is 44.9 Å². The summed E-state index contributed by atoms with van der Waals surface area (Å²) in [5.74, 6) is -0.487. The number of aromatic amines is 1. The number of rotatable bonds is 2. The summed E-state index contributed by atoms with van der Waals surface area (Å²) < 4.78 is 0. The van der Waals surface area contributed by atoms with Gasteiger partial charge in [0.05, 0.1) is 10.5 Å². The van der Waals surface area contributed by atoms with Crippen molar-refractivity contribution in [2.24, 2.45) is 5.73 Å². The highest BCUT2D eigenvalue weighted by atomic mass is 35.5. The smallest absolute Gasteiger partial charge is 0.268 e. The summed E-state index contributed by atoms with van der Waals surface area (Å²) in [6.45, 7) is 1.60. The van der Waals surface area contributed by atoms with Crippen molar-refractivity contribution in [2.45, 2.75) is 13.0 Å². The molecule has 1 amide bonds. The van der Waals surface area contributed by atoms with Crippen molar-refractivity contribution in [2.75, 3.05) is 11.4 Å². The van der Waals surface area contributed by atoms with E-state index in [1.807, 2.05) is 12.1 Å². The molecule has 0 aliphatic carbocycles. The first-order chi connectivity index (χ1) is 10.6. The van der Waals surface area contributed by atoms with Crippen molar-refractivity contribution in [3.63, 3.8) is 0 Å². The van der Waals surface area contributed by atoms with Crippen molar-refractivity contribution in [3.8, 4) is 0 Å². The van der Waals surface area contributed by atoms with Crippen LogP contribution in [0.1, 0.15) is 21.7 Å². The average molecular weight is 333 g/mol. The topological polar surface area (TPSA) is 75.0 Å². The Morgan fingerprint density at radius 2 is 2.32 bits per heavy atom. The number of aromatic nitrogens is 2. The number of primary amides is 1. The molecule has 0 atom stereocenters. The van der Waals surface area contributed by atoms with Gasteiger partial charge in [-0.3, -0.25) is 4.79 Å². The van der Waals surface area contributed by atoms with Crippen molar-refractivity contribution in [1.29, 1.82) is 0 Å². The average Bonchev–Trinajstić information content (AvgIpc) is 3.12. The lowest BCUT2D eigenvalue weighted by Gasteiger charge is -2.26. The second-order valence-corrected chi connectivity index (χ2v) is 6.54. The van der Waals surface area contributed by atoms with Gasteiger partial charge in [-0.1, -0.05) is 23.7 Å². The van der Waals surface area contributed by atoms with Crippen LogP contribution in [0.5, 0.6) is 0 Å². The SMILES string of the molecule is NC(=O)c1csc(N2CCc3[nH]c4c(Cl)cccc4c3C2)n1. The molecule has 7 heteroatoms. The fourth-order valence-corrected chi connectivity index (χ4v) is 3.95. The van der Waals surface area contributed by atoms with Crippen molar-refractivity contribution in [1.82, 2.24) is 9.97 Å². The number of H-pyrrole nitrogens is 1. The molecule has 0 unspecified atom stereocenters. The number of nitrogens with zero attached hydrogens (tertiary/aromatic N) is 2. The van der Waals surface area contributed by atoms with Gasteiger partial charge in [0.2, 0.25) is 0 Å². The number of halogens is 1. The molecule has 0 spiro atoms. The number of hydrogen-bond donors (Lipinski definition) is 2. The van der Waals surface area contributed by atoms with E-state index < -0.39 is 5.91 Å². The van der Waals surface area contributed by atoms with E-state index in [9.17, 15) is 4.79 Å². The quantitative estimate of drug-likeness (QED) is 0.757. The maximum atomic E-state index is 11.2. The molecule has 5 nitrogen and oxygen atoms in total. The number of nitrogens with two attached hydrogens (primary N) is 1. The van der Waals surface area contributed by atoms with Crippen LogP contribution in [0.3, 0.4) is 0 Å². The molecule has 3 aromatic rings. The number of carbonyl (C=O) groups is 1. The zero-order valence-corrected chi connectivity index (χ0v) is 13.2. The Labute approximate surface area is 135 Å². The molecule has 0 saturated heterocycles. The number of carbonyl (C=O) groups excluding carboxylic acids is 1. The van der Waals surface area contributed by atoms with E-state index in [1.165, 1.54) is 22.6 Å². The van der Waals surface area contributed by atoms with Gasteiger partial charge in [0.15, 0.2) is 5.13 Å². The lowest BCUT2D eigenvalue weighted by Crippen LogP contribution is -2.30. The van der Waals surface area contributed by atoms with Gasteiger partial charge in [0.1, 0.15) is 5.69 Å². The highest BCUT2D eigenvalue weighted by Gasteiger charge is 2.23. The second-order valence-electron chi connectivity index (χ2n) is 5.30. The molecule has 2 aromatic heterocycles. The monoisotopic (exact) mass is 332 g/mol. The van der Waals surface area contributed by atoms with Gasteiger partial charge in [-0.2, -0.15) is 0 Å². The zero-order valence-electron chi connectivity index (χ0n) is 11.6. The summed E-state index contributed by atoms with van der Waals surface area (Å²) in [5, 5.41) is 4.43. The van der Waals surface area contributed by atoms with Crippen LogP contribution in [-0.4, -0.2) is 22.4 Å². The molecule has 1 aromatic carbocycles. The maximum absolute atomic E-state index is 11.2. The van der Waals surface area contributed by atoms with E-state index in [0.717, 1.165) is 40.6 Å². The van der Waals surface area contributed by atoms with Crippen LogP contribution in [0.25, 0.3) is 10.9 Å². The maximum Gasteiger partial charge on any atom is 0.268 e. The number of fused-ring (bicyclic) bond motifs is 3. The number of anilines is 1. The van der Waals surface area contributed by atoms with Crippen LogP contribution in [0.2, 0.25) is 5.02 Å². The third kappa shape index (κ3) is 2.07. The fourth-order valence-electron chi connectivity index (χ4n) is 2.89. The minimum Gasteiger partial charge on any atom is -0.364 e. The fraction of sp³-hybridized carbons (Fsp3) is 0.200. The van der Waals surface area contributed by atoms with Crippen LogP contribution in [0, 0.1) is 0 Å². The standard InChI is InChI=1S/C15H13ClN4OS/c16-10-3-1-2-8-9-6-20(5-4-11(9)18-13(8)10)15-19-12(7-22-15)14(17)21/h1-3,7,18H,4-6H2,(H2,17,21). The Hall–Kier alpha value is -2.05. The van der Waals surface area contributed by atoms with Gasteiger partial charge in [-0.25, -0.2) is 4.98 Å². The van der Waals surface area contributed by atoms with Gasteiger partial charge in [0, 0.05) is 41.5 Å². The van der Waals surface area contributed by atoms with Gasteiger partial charge < -0.3 is 15.6 Å². The van der Waals surface area contributed by atoms with E-state index in [0.29, 0.717) is 5.69 Å². The van der Waals surface area contributed by atoms with E-state index in [-0.39, 0.29) is 0 Å². The number of benzene rings is 1. The Kier molecular flexibility index (Phi) is 3.09. The lowest BCUT2D eigenvalue weighted by molar-refractivity contribution is 0.0996. The summed E-state index contributed by atoms with van der Waals surface area (Å²) in [6, 6.07) is 5.94. The number of nitrogens with one attached hydrogen (secondary N) is 1. The van der Waals surface area contributed by atoms with E-state index in [2.05, 4.69) is 20.9 Å². The third-order valence-electron chi connectivity index (χ3n) is 3.97. The largest absolute Gasteiger partial charge is 0.364 e. The molecule has 0 fully saturated rings. The molecule has 3 heterocycles. The minimum absolute atomic E-state index is 0.327. The Bertz CT molecular complexity index is 885. The van der Waals surface area contributed by atoms with Crippen LogP contribution in [0.4, 0.5) is 5.13 Å². The molecule has 1 aliphatic rings. The van der Waals surface area contributed by atoms with Gasteiger partial charge in [-0.05, 0) is 6.07 Å². The van der Waals surface area contributed by atoms with Crippen LogP contribution >= 0.6 is 22.9 Å². The molecule has 1 aliphatic heterocycles. The first kappa shape index (κ1) is 13.6. The van der Waals surface area contributed by atoms with Crippen LogP contribution < -0.4 is 10.6 Å². The Morgan fingerprint density at radius 3 is 3.09 bits per heavy atom. The van der Waals surface area contributed by atoms with Crippen LogP contribution in [0.15, 0.2) is 23.6 Å². The number of hydrogen-bond acceptors (Lipinski definition) is 4. The van der Waals surface area contributed by atoms with Crippen LogP contribution in [-0.2, 0) is 13.0 Å². The number of thiazole rings is 1. The third-order valence-corrected chi connectivity index (χ3v) is 5.19. The van der Waals surface area contributed by atoms with E-state index >= 15 is 0 Å². The second kappa shape index (κ2) is 5.00. The van der Waals surface area contributed by atoms with Crippen molar-refractivity contribution in [3.05, 3.63) is 45.6 Å². The van der Waals surface area contributed by atoms with Gasteiger partial charge >= 0.3 is 0 Å². The van der Waals surface area contributed by atoms with Crippen molar-refractivity contribution < 1.29 is 4.79 Å². The molecule has 4 rings (SSSR count). The van der Waals surface area contributed by atoms with Gasteiger partial charge in [0.25, 0.3) is 5.91 Å². The zero-order chi connectivity index (χ0) is 15.3. The summed E-state index contributed by atoms with van der Waals surface area (Å²) in [5.41, 5.74) is 9.07. The molecule has 0 saturated carbocycles. The predicted octanol–water partition coefficient (Wildman–Crippen LogP) is 2.94. The normalized spacial score (nSPS) is 14.3. The highest BCUT2D eigenvalue weighted by molar-refractivity contribution is 7.13. The summed E-state index contributed by atoms with van der Waals surface area (Å²) in [6.07, 6.45) is 0.895. The predicted molar refractivity (Wildman–Crippen MR) is 88.7 cm³/mol. The lowest BCUT2D eigenvalue weighted by atomic mass is 10.1. The first-order valence-electron chi connectivity index (χ1n) is 6.91. The molecule has 0 bridgehead atoms. The number of para-hydroxylation sites is 1. The minimum atomic E-state index is -0.487. The molecule has 0 radical (unpaired) electrons. The Balaban J connectivity index is 1.72. The molecular formula is C15H13ClN4OS. The molecule has 3 N–H and O–H groups in total. The van der Waals surface area contributed by atoms with Gasteiger partial charge in [-0.15, -0.1) is 11.3 Å². The molecular weight excluding hydrogens is 320 g/mol. The molecule has 22 heavy (non-hydrogen) atoms.